The van der Waals surface area contributed by atoms with Gasteiger partial charge in [-0.05, 0) is 12.1 Å². The first kappa shape index (κ1) is 14.2. The van der Waals surface area contributed by atoms with Crippen LogP contribution in [0.3, 0.4) is 0 Å². The van der Waals surface area contributed by atoms with E-state index in [2.05, 4.69) is 20.8 Å². The summed E-state index contributed by atoms with van der Waals surface area (Å²) in [5, 5.41) is 0. The van der Waals surface area contributed by atoms with Gasteiger partial charge in [-0.25, -0.2) is 0 Å². The molecule has 0 aromatic heterocycles. The molecule has 0 unspecified atom stereocenters. The van der Waals surface area contributed by atoms with Crippen LogP contribution < -0.4 is 4.74 Å². The quantitative estimate of drug-likeness (QED) is 0.694. The van der Waals surface area contributed by atoms with Gasteiger partial charge in [0.25, 0.3) is 0 Å². The molecule has 1 aromatic rings. The molecular formula is C13H23OSi. The number of para-hydroxylation sites is 1. The fourth-order valence-electron chi connectivity index (χ4n) is 1.31. The van der Waals surface area contributed by atoms with Crippen molar-refractivity contribution in [2.75, 3.05) is 7.11 Å². The Kier molecular flexibility index (Phi) is 9.28. The van der Waals surface area contributed by atoms with E-state index in [-0.39, 0.29) is 8.80 Å². The maximum absolute atomic E-state index is 4.91. The molecule has 0 amide bonds. The van der Waals surface area contributed by atoms with Crippen LogP contribution in [0.2, 0.25) is 18.1 Å². The standard InChI is InChI=1S/C7H8O.C6H15Si/c1-8-7-5-3-2-4-6-7;1-4-7(5-2)6-3/h2-6H,1H3;4-6H2,1-3H3. The highest BCUT2D eigenvalue weighted by atomic mass is 28.3. The van der Waals surface area contributed by atoms with Gasteiger partial charge in [-0.15, -0.1) is 0 Å². The molecule has 2 heteroatoms. The molecule has 1 aromatic carbocycles. The number of hydrogen-bond donors (Lipinski definition) is 0. The fourth-order valence-corrected chi connectivity index (χ4v) is 2.81. The minimum Gasteiger partial charge on any atom is -0.497 e. The SMILES string of the molecule is CC[Si](CC)CC.COc1ccccc1. The summed E-state index contributed by atoms with van der Waals surface area (Å²) in [5.41, 5.74) is 0. The zero-order chi connectivity index (χ0) is 11.5. The second kappa shape index (κ2) is 9.78. The van der Waals surface area contributed by atoms with E-state index in [1.807, 2.05) is 30.3 Å². The summed E-state index contributed by atoms with van der Waals surface area (Å²) in [6.45, 7) is 6.92. The number of ether oxygens (including phenoxy) is 1. The van der Waals surface area contributed by atoms with Crippen molar-refractivity contribution in [1.82, 2.24) is 0 Å². The van der Waals surface area contributed by atoms with Gasteiger partial charge in [0.1, 0.15) is 5.75 Å². The van der Waals surface area contributed by atoms with Crippen LogP contribution in [0.5, 0.6) is 5.75 Å². The van der Waals surface area contributed by atoms with E-state index in [0.29, 0.717) is 0 Å². The zero-order valence-electron chi connectivity index (χ0n) is 10.4. The van der Waals surface area contributed by atoms with Gasteiger partial charge in [-0.1, -0.05) is 57.1 Å². The summed E-state index contributed by atoms with van der Waals surface area (Å²) in [6, 6.07) is 14.0. The Morgan fingerprint density at radius 1 is 0.933 bits per heavy atom. The van der Waals surface area contributed by atoms with Gasteiger partial charge in [-0.3, -0.25) is 0 Å². The van der Waals surface area contributed by atoms with E-state index in [9.17, 15) is 0 Å². The highest BCUT2D eigenvalue weighted by Gasteiger charge is 1.98. The Morgan fingerprint density at radius 2 is 1.40 bits per heavy atom. The Hall–Kier alpha value is -0.763. The van der Waals surface area contributed by atoms with Gasteiger partial charge in [0.05, 0.1) is 7.11 Å². The fraction of sp³-hybridized carbons (Fsp3) is 0.538. The summed E-state index contributed by atoms with van der Waals surface area (Å²) in [5.74, 6) is 0.910. The van der Waals surface area contributed by atoms with Crippen molar-refractivity contribution < 1.29 is 4.74 Å². The average molecular weight is 223 g/mol. The molecule has 0 atom stereocenters. The van der Waals surface area contributed by atoms with E-state index < -0.39 is 0 Å². The van der Waals surface area contributed by atoms with Crippen molar-refractivity contribution >= 4 is 8.80 Å². The first-order chi connectivity index (χ1) is 7.28. The maximum atomic E-state index is 4.91. The van der Waals surface area contributed by atoms with Crippen LogP contribution >= 0.6 is 0 Å². The zero-order valence-corrected chi connectivity index (χ0v) is 11.4. The molecule has 0 saturated carbocycles. The number of hydrogen-bond acceptors (Lipinski definition) is 1. The molecule has 0 N–H and O–H groups in total. The summed E-state index contributed by atoms with van der Waals surface area (Å²) >= 11 is 0. The van der Waals surface area contributed by atoms with Crippen LogP contribution in [0.15, 0.2) is 30.3 Å². The molecular weight excluding hydrogens is 200 g/mol. The topological polar surface area (TPSA) is 9.23 Å². The van der Waals surface area contributed by atoms with Crippen molar-refractivity contribution in [3.63, 3.8) is 0 Å². The molecule has 0 heterocycles. The Balaban J connectivity index is 0.000000265. The van der Waals surface area contributed by atoms with Crippen LogP contribution in [0.4, 0.5) is 0 Å². The van der Waals surface area contributed by atoms with Gasteiger partial charge in [0.2, 0.25) is 0 Å². The molecule has 85 valence electrons. The van der Waals surface area contributed by atoms with Crippen LogP contribution in [0.1, 0.15) is 20.8 Å². The predicted octanol–water partition coefficient (Wildman–Crippen LogP) is 4.24. The second-order valence-electron chi connectivity index (χ2n) is 3.33. The van der Waals surface area contributed by atoms with Crippen LogP contribution in [-0.2, 0) is 0 Å². The van der Waals surface area contributed by atoms with Crippen molar-refractivity contribution in [3.8, 4) is 5.75 Å². The Labute approximate surface area is 96.1 Å². The van der Waals surface area contributed by atoms with Gasteiger partial charge < -0.3 is 4.74 Å². The summed E-state index contributed by atoms with van der Waals surface area (Å²) < 4.78 is 4.91. The predicted molar refractivity (Wildman–Crippen MR) is 70.2 cm³/mol. The lowest BCUT2D eigenvalue weighted by molar-refractivity contribution is 0.415. The molecule has 0 aliphatic rings. The largest absolute Gasteiger partial charge is 0.497 e. The van der Waals surface area contributed by atoms with Gasteiger partial charge in [0.15, 0.2) is 0 Å². The summed E-state index contributed by atoms with van der Waals surface area (Å²) in [4.78, 5) is 0. The monoisotopic (exact) mass is 223 g/mol. The number of rotatable bonds is 4. The highest BCUT2D eigenvalue weighted by molar-refractivity contribution is 6.58. The highest BCUT2D eigenvalue weighted by Crippen LogP contribution is 2.05. The lowest BCUT2D eigenvalue weighted by Crippen LogP contribution is -2.04. The third kappa shape index (κ3) is 7.20. The number of benzene rings is 1. The van der Waals surface area contributed by atoms with Crippen LogP contribution in [-0.4, -0.2) is 15.9 Å². The van der Waals surface area contributed by atoms with Gasteiger partial charge in [0, 0.05) is 8.80 Å². The molecule has 15 heavy (non-hydrogen) atoms. The Bertz CT molecular complexity index is 214. The molecule has 1 rings (SSSR count). The van der Waals surface area contributed by atoms with Gasteiger partial charge >= 0.3 is 0 Å². The smallest absolute Gasteiger partial charge is 0.118 e. The van der Waals surface area contributed by atoms with Crippen LogP contribution in [0.25, 0.3) is 0 Å². The second-order valence-corrected chi connectivity index (χ2v) is 6.95. The lowest BCUT2D eigenvalue weighted by atomic mass is 10.3. The maximum Gasteiger partial charge on any atom is 0.118 e. The minimum atomic E-state index is 0.137. The van der Waals surface area contributed by atoms with Crippen molar-refractivity contribution in [2.24, 2.45) is 0 Å². The van der Waals surface area contributed by atoms with E-state index >= 15 is 0 Å². The summed E-state index contributed by atoms with van der Waals surface area (Å²) in [7, 11) is 1.80. The molecule has 0 bridgehead atoms. The first-order valence-electron chi connectivity index (χ1n) is 5.71. The van der Waals surface area contributed by atoms with Crippen LogP contribution in [0, 0.1) is 0 Å². The average Bonchev–Trinajstić information content (AvgIpc) is 2.33. The Morgan fingerprint density at radius 3 is 1.60 bits per heavy atom. The molecule has 0 spiro atoms. The molecule has 0 fully saturated rings. The third-order valence-corrected chi connectivity index (χ3v) is 5.48. The van der Waals surface area contributed by atoms with E-state index in [1.54, 1.807) is 7.11 Å². The molecule has 0 aliphatic carbocycles. The molecule has 0 aliphatic heterocycles. The first-order valence-corrected chi connectivity index (χ1v) is 7.83. The minimum absolute atomic E-state index is 0.137. The van der Waals surface area contributed by atoms with Crippen molar-refractivity contribution in [1.29, 1.82) is 0 Å². The molecule has 0 saturated heterocycles. The lowest BCUT2D eigenvalue weighted by Gasteiger charge is -2.02. The third-order valence-electron chi connectivity index (χ3n) is 2.48. The van der Waals surface area contributed by atoms with E-state index in [0.717, 1.165) is 5.75 Å². The summed E-state index contributed by atoms with van der Waals surface area (Å²) in [6.07, 6.45) is 0. The van der Waals surface area contributed by atoms with E-state index in [4.69, 9.17) is 4.74 Å². The normalized spacial score (nSPS) is 9.40. The van der Waals surface area contributed by atoms with Crippen molar-refractivity contribution in [2.45, 2.75) is 38.9 Å². The molecule has 1 nitrogen and oxygen atoms in total. The van der Waals surface area contributed by atoms with Crippen molar-refractivity contribution in [3.05, 3.63) is 30.3 Å². The van der Waals surface area contributed by atoms with E-state index in [1.165, 1.54) is 18.1 Å². The number of methoxy groups -OCH3 is 1. The van der Waals surface area contributed by atoms with Gasteiger partial charge in [-0.2, -0.15) is 0 Å². The molecule has 1 radical (unpaired) electrons.